The van der Waals surface area contributed by atoms with E-state index in [4.69, 9.17) is 0 Å². The SMILES string of the molecule is O=C(N1N=CCC1c1cccnc1)n1ccnc1. The summed E-state index contributed by atoms with van der Waals surface area (Å²) in [4.78, 5) is 20.1. The average Bonchev–Trinajstić information content (AvgIpc) is 3.10. The molecule has 18 heavy (non-hydrogen) atoms. The molecule has 1 aliphatic rings. The highest BCUT2D eigenvalue weighted by atomic mass is 16.2. The highest BCUT2D eigenvalue weighted by Crippen LogP contribution is 2.27. The number of hydrazone groups is 1. The zero-order chi connectivity index (χ0) is 12.4. The average molecular weight is 241 g/mol. The van der Waals surface area contributed by atoms with Crippen LogP contribution in [0.4, 0.5) is 4.79 Å². The van der Waals surface area contributed by atoms with E-state index in [0.717, 1.165) is 5.56 Å². The third-order valence-corrected chi connectivity index (χ3v) is 2.82. The second-order valence-corrected chi connectivity index (χ2v) is 3.93. The Labute approximate surface area is 104 Å². The van der Waals surface area contributed by atoms with Crippen molar-refractivity contribution in [3.8, 4) is 0 Å². The summed E-state index contributed by atoms with van der Waals surface area (Å²) in [7, 11) is 0. The summed E-state index contributed by atoms with van der Waals surface area (Å²) in [5.74, 6) is 0. The van der Waals surface area contributed by atoms with Crippen LogP contribution in [-0.4, -0.2) is 31.8 Å². The van der Waals surface area contributed by atoms with Gasteiger partial charge in [-0.3, -0.25) is 9.55 Å². The van der Waals surface area contributed by atoms with Crippen LogP contribution in [0, 0.1) is 0 Å². The van der Waals surface area contributed by atoms with Gasteiger partial charge in [-0.1, -0.05) is 6.07 Å². The Bertz CT molecular complexity index is 563. The molecule has 1 unspecified atom stereocenters. The molecule has 0 saturated carbocycles. The topological polar surface area (TPSA) is 63.4 Å². The molecule has 0 spiro atoms. The second kappa shape index (κ2) is 4.40. The van der Waals surface area contributed by atoms with Crippen LogP contribution in [0.15, 0.2) is 48.3 Å². The first kappa shape index (κ1) is 10.6. The number of hydrogen-bond acceptors (Lipinski definition) is 4. The fraction of sp³-hybridized carbons (Fsp3) is 0.167. The van der Waals surface area contributed by atoms with Gasteiger partial charge in [0.15, 0.2) is 0 Å². The quantitative estimate of drug-likeness (QED) is 0.763. The Morgan fingerprint density at radius 3 is 3.00 bits per heavy atom. The first-order valence-electron chi connectivity index (χ1n) is 5.60. The number of imidazole rings is 1. The van der Waals surface area contributed by atoms with Gasteiger partial charge in [-0.05, 0) is 11.6 Å². The van der Waals surface area contributed by atoms with Crippen molar-refractivity contribution in [3.05, 3.63) is 48.8 Å². The van der Waals surface area contributed by atoms with Gasteiger partial charge in [0.2, 0.25) is 0 Å². The van der Waals surface area contributed by atoms with Crippen LogP contribution in [0.25, 0.3) is 0 Å². The molecule has 0 N–H and O–H groups in total. The number of hydrogen-bond donors (Lipinski definition) is 0. The van der Waals surface area contributed by atoms with Gasteiger partial charge >= 0.3 is 6.03 Å². The number of nitrogens with zero attached hydrogens (tertiary/aromatic N) is 5. The van der Waals surface area contributed by atoms with Crippen LogP contribution in [-0.2, 0) is 0 Å². The van der Waals surface area contributed by atoms with E-state index in [1.54, 1.807) is 31.0 Å². The van der Waals surface area contributed by atoms with Crippen LogP contribution in [0.5, 0.6) is 0 Å². The number of pyridine rings is 1. The highest BCUT2D eigenvalue weighted by Gasteiger charge is 2.29. The Balaban J connectivity index is 1.88. The van der Waals surface area contributed by atoms with E-state index in [0.29, 0.717) is 6.42 Å². The minimum absolute atomic E-state index is 0.0893. The summed E-state index contributed by atoms with van der Waals surface area (Å²) in [5, 5.41) is 5.59. The standard InChI is InChI=1S/C12H11N5O/c18-12(16-7-6-14-9-16)17-11(3-5-15-17)10-2-1-4-13-8-10/h1-2,4-9,11H,3H2. The lowest BCUT2D eigenvalue weighted by atomic mass is 10.1. The molecule has 6 nitrogen and oxygen atoms in total. The van der Waals surface area contributed by atoms with Crippen LogP contribution < -0.4 is 0 Å². The molecule has 0 radical (unpaired) electrons. The second-order valence-electron chi connectivity index (χ2n) is 3.93. The lowest BCUT2D eigenvalue weighted by Gasteiger charge is -2.21. The van der Waals surface area contributed by atoms with Crippen molar-refractivity contribution in [1.29, 1.82) is 0 Å². The maximum Gasteiger partial charge on any atom is 0.350 e. The number of rotatable bonds is 1. The van der Waals surface area contributed by atoms with Gasteiger partial charge in [-0.25, -0.2) is 14.8 Å². The maximum absolute atomic E-state index is 12.2. The molecule has 6 heteroatoms. The van der Waals surface area contributed by atoms with Crippen molar-refractivity contribution in [3.63, 3.8) is 0 Å². The fourth-order valence-electron chi connectivity index (χ4n) is 1.94. The summed E-state index contributed by atoms with van der Waals surface area (Å²) in [6.45, 7) is 0. The minimum atomic E-state index is -0.213. The molecular formula is C12H11N5O. The molecule has 0 fully saturated rings. The molecular weight excluding hydrogens is 230 g/mol. The van der Waals surface area contributed by atoms with Crippen molar-refractivity contribution >= 4 is 12.2 Å². The van der Waals surface area contributed by atoms with Crippen LogP contribution in [0.1, 0.15) is 18.0 Å². The van der Waals surface area contributed by atoms with E-state index in [1.807, 2.05) is 12.1 Å². The van der Waals surface area contributed by atoms with E-state index in [-0.39, 0.29) is 12.1 Å². The first-order valence-corrected chi connectivity index (χ1v) is 5.60. The fourth-order valence-corrected chi connectivity index (χ4v) is 1.94. The lowest BCUT2D eigenvalue weighted by Crippen LogP contribution is -2.30. The third-order valence-electron chi connectivity index (χ3n) is 2.82. The van der Waals surface area contributed by atoms with E-state index < -0.39 is 0 Å². The van der Waals surface area contributed by atoms with Gasteiger partial charge in [0.25, 0.3) is 0 Å². The molecule has 0 aliphatic carbocycles. The Morgan fingerprint density at radius 1 is 1.33 bits per heavy atom. The Morgan fingerprint density at radius 2 is 2.28 bits per heavy atom. The normalized spacial score (nSPS) is 18.2. The summed E-state index contributed by atoms with van der Waals surface area (Å²) < 4.78 is 1.41. The van der Waals surface area contributed by atoms with Gasteiger partial charge < -0.3 is 0 Å². The first-order chi connectivity index (χ1) is 8.86. The predicted octanol–water partition coefficient (Wildman–Crippen LogP) is 1.68. The molecule has 1 atom stereocenters. The van der Waals surface area contributed by atoms with Crippen molar-refractivity contribution in [1.82, 2.24) is 19.5 Å². The van der Waals surface area contributed by atoms with Crippen molar-refractivity contribution < 1.29 is 4.79 Å². The summed E-state index contributed by atoms with van der Waals surface area (Å²) >= 11 is 0. The van der Waals surface area contributed by atoms with Crippen LogP contribution in [0.3, 0.4) is 0 Å². The molecule has 3 heterocycles. The molecule has 1 aliphatic heterocycles. The van der Waals surface area contributed by atoms with Gasteiger partial charge in [-0.15, -0.1) is 0 Å². The van der Waals surface area contributed by atoms with E-state index in [2.05, 4.69) is 15.1 Å². The van der Waals surface area contributed by atoms with Crippen molar-refractivity contribution in [2.45, 2.75) is 12.5 Å². The zero-order valence-electron chi connectivity index (χ0n) is 9.55. The van der Waals surface area contributed by atoms with Crippen molar-refractivity contribution in [2.75, 3.05) is 0 Å². The van der Waals surface area contributed by atoms with Crippen LogP contribution >= 0.6 is 0 Å². The Hall–Kier alpha value is -2.50. The van der Waals surface area contributed by atoms with E-state index in [9.17, 15) is 4.79 Å². The number of amides is 1. The maximum atomic E-state index is 12.2. The molecule has 2 aromatic heterocycles. The highest BCUT2D eigenvalue weighted by molar-refractivity contribution is 5.80. The van der Waals surface area contributed by atoms with E-state index in [1.165, 1.54) is 15.9 Å². The largest absolute Gasteiger partial charge is 0.350 e. The Kier molecular flexibility index (Phi) is 2.60. The molecule has 90 valence electrons. The monoisotopic (exact) mass is 241 g/mol. The molecule has 0 saturated heterocycles. The summed E-state index contributed by atoms with van der Waals surface area (Å²) in [5.41, 5.74) is 0.975. The number of carbonyl (C=O) groups excluding carboxylic acids is 1. The van der Waals surface area contributed by atoms with Crippen molar-refractivity contribution in [2.24, 2.45) is 5.10 Å². The smallest absolute Gasteiger partial charge is 0.264 e. The van der Waals surface area contributed by atoms with E-state index >= 15 is 0 Å². The third kappa shape index (κ3) is 1.77. The van der Waals surface area contributed by atoms with Gasteiger partial charge in [0.1, 0.15) is 6.33 Å². The minimum Gasteiger partial charge on any atom is -0.264 e. The lowest BCUT2D eigenvalue weighted by molar-refractivity contribution is 0.188. The van der Waals surface area contributed by atoms with Gasteiger partial charge in [0, 0.05) is 37.4 Å². The zero-order valence-corrected chi connectivity index (χ0v) is 9.55. The molecule has 0 aromatic carbocycles. The predicted molar refractivity (Wildman–Crippen MR) is 64.9 cm³/mol. The molecule has 2 aromatic rings. The molecule has 3 rings (SSSR count). The molecule has 0 bridgehead atoms. The van der Waals surface area contributed by atoms with Gasteiger partial charge in [-0.2, -0.15) is 5.10 Å². The van der Waals surface area contributed by atoms with Crippen LogP contribution in [0.2, 0.25) is 0 Å². The summed E-state index contributed by atoms with van der Waals surface area (Å²) in [6, 6.07) is 3.50. The summed E-state index contributed by atoms with van der Waals surface area (Å²) in [6.07, 6.45) is 10.6. The number of aromatic nitrogens is 3. The van der Waals surface area contributed by atoms with Gasteiger partial charge in [0.05, 0.1) is 6.04 Å². The molecule has 1 amide bonds. The number of carbonyl (C=O) groups is 1.